The second-order valence-corrected chi connectivity index (χ2v) is 7.69. The van der Waals surface area contributed by atoms with Crippen LogP contribution in [0.2, 0.25) is 0 Å². The molecule has 0 saturated carbocycles. The van der Waals surface area contributed by atoms with Crippen LogP contribution < -0.4 is 5.32 Å². The molecule has 2 aromatic carbocycles. The van der Waals surface area contributed by atoms with Crippen molar-refractivity contribution in [3.63, 3.8) is 0 Å². The maximum Gasteiger partial charge on any atom is 0.335 e. The number of halogens is 1. The Balaban J connectivity index is 0.000000837. The van der Waals surface area contributed by atoms with E-state index < -0.39 is 23.0 Å². The first-order valence-electron chi connectivity index (χ1n) is 9.18. The summed E-state index contributed by atoms with van der Waals surface area (Å²) >= 11 is 1.13. The number of aromatic carboxylic acids is 1. The molecule has 1 aliphatic heterocycles. The second-order valence-electron chi connectivity index (χ2n) is 6.52. The lowest BCUT2D eigenvalue weighted by Gasteiger charge is -2.28. The number of nitrogens with one attached hydrogen (secondary N) is 1. The number of amidine groups is 1. The molecule has 1 aliphatic rings. The van der Waals surface area contributed by atoms with Crippen LogP contribution >= 0.6 is 11.8 Å². The third kappa shape index (κ3) is 7.20. The summed E-state index contributed by atoms with van der Waals surface area (Å²) < 4.78 is 13.0. The Kier molecular flexibility index (Phi) is 8.47. The number of thioether (sulfide) groups is 1. The Hall–Kier alpha value is -3.73. The molecule has 2 aromatic rings. The summed E-state index contributed by atoms with van der Waals surface area (Å²) in [5.41, 5.74) is 1.00. The van der Waals surface area contributed by atoms with Crippen LogP contribution in [0.15, 0.2) is 53.5 Å². The van der Waals surface area contributed by atoms with E-state index in [1.165, 1.54) is 53.4 Å². The van der Waals surface area contributed by atoms with Gasteiger partial charge in [0.1, 0.15) is 11.1 Å². The highest BCUT2D eigenvalue weighted by Crippen LogP contribution is 2.29. The molecule has 0 aliphatic carbocycles. The number of nitrogens with zero attached hydrogens (tertiary/aromatic N) is 2. The minimum absolute atomic E-state index is 0.00263. The van der Waals surface area contributed by atoms with Crippen molar-refractivity contribution in [2.45, 2.75) is 18.6 Å². The fourth-order valence-electron chi connectivity index (χ4n) is 2.44. The Labute approximate surface area is 187 Å². The van der Waals surface area contributed by atoms with E-state index in [1.807, 2.05) is 0 Å². The summed E-state index contributed by atoms with van der Waals surface area (Å²) in [6.07, 6.45) is 0.00263. The van der Waals surface area contributed by atoms with Gasteiger partial charge in [0.05, 0.1) is 11.3 Å². The molecule has 0 radical (unpaired) electrons. The predicted octanol–water partition coefficient (Wildman–Crippen LogP) is 3.20. The number of carbonyl (C=O) groups excluding carboxylic acids is 2. The summed E-state index contributed by atoms with van der Waals surface area (Å²) in [7, 11) is 1.57. The normalized spacial score (nSPS) is 16.7. The molecule has 168 valence electrons. The van der Waals surface area contributed by atoms with Crippen molar-refractivity contribution in [2.24, 2.45) is 4.99 Å². The predicted molar refractivity (Wildman–Crippen MR) is 118 cm³/mol. The number of aliphatic imine (C=N–C) groups is 1. The number of rotatable bonds is 4. The highest BCUT2D eigenvalue weighted by molar-refractivity contribution is 8.15. The maximum atomic E-state index is 13.0. The van der Waals surface area contributed by atoms with E-state index in [9.17, 15) is 18.8 Å². The number of carboxylic acid groups (broad SMARTS) is 2. The summed E-state index contributed by atoms with van der Waals surface area (Å²) in [6, 6.07) is 11.2. The average Bonchev–Trinajstić information content (AvgIpc) is 2.72. The number of aliphatic carboxylic acids is 1. The van der Waals surface area contributed by atoms with Crippen molar-refractivity contribution in [3.8, 4) is 0 Å². The van der Waals surface area contributed by atoms with Crippen LogP contribution in [0.4, 0.5) is 15.8 Å². The number of hydrogen-bond acceptors (Lipinski definition) is 6. The highest BCUT2D eigenvalue weighted by atomic mass is 32.2. The third-order valence-corrected chi connectivity index (χ3v) is 5.25. The van der Waals surface area contributed by atoms with E-state index in [-0.39, 0.29) is 23.8 Å². The SMILES string of the molecule is CC(=O)O.CN1C(=O)CC(C(=O)Nc2ccc(C(=O)O)cc2)SC1=Nc1ccc(F)cc1. The standard InChI is InChI=1S/C19H16FN3O4S.C2H4O2/c1-23-16(24)10-15(28-19(23)22-14-8-4-12(20)5-9-14)17(25)21-13-6-2-11(3-7-13)18(26)27;1-2(3)4/h2-9,15H,10H2,1H3,(H,21,25)(H,26,27);1H3,(H,3,4). The van der Waals surface area contributed by atoms with Crippen molar-refractivity contribution in [1.82, 2.24) is 4.90 Å². The van der Waals surface area contributed by atoms with E-state index in [0.29, 0.717) is 16.5 Å². The molecule has 1 saturated heterocycles. The number of anilines is 1. The zero-order valence-corrected chi connectivity index (χ0v) is 17.9. The van der Waals surface area contributed by atoms with E-state index >= 15 is 0 Å². The third-order valence-electron chi connectivity index (χ3n) is 4.01. The van der Waals surface area contributed by atoms with E-state index in [2.05, 4.69) is 10.3 Å². The molecule has 3 rings (SSSR count). The monoisotopic (exact) mass is 461 g/mol. The lowest BCUT2D eigenvalue weighted by atomic mass is 10.2. The Bertz CT molecular complexity index is 1040. The fourth-order valence-corrected chi connectivity index (χ4v) is 3.51. The van der Waals surface area contributed by atoms with E-state index in [1.54, 1.807) is 7.05 Å². The minimum Gasteiger partial charge on any atom is -0.481 e. The van der Waals surface area contributed by atoms with Gasteiger partial charge in [0.2, 0.25) is 11.8 Å². The lowest BCUT2D eigenvalue weighted by molar-refractivity contribution is -0.134. The van der Waals surface area contributed by atoms with Gasteiger partial charge in [0.15, 0.2) is 5.17 Å². The van der Waals surface area contributed by atoms with E-state index in [4.69, 9.17) is 15.0 Å². The fraction of sp³-hybridized carbons (Fsp3) is 0.190. The molecule has 1 unspecified atom stereocenters. The van der Waals surface area contributed by atoms with Gasteiger partial charge in [-0.2, -0.15) is 0 Å². The van der Waals surface area contributed by atoms with Crippen molar-refractivity contribution in [1.29, 1.82) is 0 Å². The smallest absolute Gasteiger partial charge is 0.335 e. The lowest BCUT2D eigenvalue weighted by Crippen LogP contribution is -2.43. The topological polar surface area (TPSA) is 136 Å². The molecule has 3 N–H and O–H groups in total. The molecule has 0 spiro atoms. The van der Waals surface area contributed by atoms with Gasteiger partial charge in [0, 0.05) is 26.1 Å². The average molecular weight is 461 g/mol. The van der Waals surface area contributed by atoms with Crippen molar-refractivity contribution < 1.29 is 33.8 Å². The van der Waals surface area contributed by atoms with Gasteiger partial charge in [-0.15, -0.1) is 0 Å². The largest absolute Gasteiger partial charge is 0.481 e. The van der Waals surface area contributed by atoms with Gasteiger partial charge in [-0.05, 0) is 48.5 Å². The molecular formula is C21H20FN3O6S. The maximum absolute atomic E-state index is 13.0. The van der Waals surface area contributed by atoms with Crippen LogP contribution in [0.3, 0.4) is 0 Å². The molecule has 9 nitrogen and oxygen atoms in total. The number of amides is 2. The van der Waals surface area contributed by atoms with Crippen LogP contribution in [0.5, 0.6) is 0 Å². The molecule has 11 heteroatoms. The van der Waals surface area contributed by atoms with Crippen LogP contribution in [0.25, 0.3) is 0 Å². The number of carboxylic acids is 2. The van der Waals surface area contributed by atoms with Crippen LogP contribution in [0, 0.1) is 5.82 Å². The summed E-state index contributed by atoms with van der Waals surface area (Å²) in [4.78, 5) is 50.4. The van der Waals surface area contributed by atoms with Gasteiger partial charge >= 0.3 is 5.97 Å². The van der Waals surface area contributed by atoms with Crippen LogP contribution in [0.1, 0.15) is 23.7 Å². The molecule has 1 fully saturated rings. The van der Waals surface area contributed by atoms with Gasteiger partial charge in [-0.25, -0.2) is 14.2 Å². The second kappa shape index (κ2) is 11.0. The quantitative estimate of drug-likeness (QED) is 0.636. The van der Waals surface area contributed by atoms with Crippen molar-refractivity contribution in [2.75, 3.05) is 12.4 Å². The van der Waals surface area contributed by atoms with Crippen LogP contribution in [-0.4, -0.2) is 56.3 Å². The molecule has 0 bridgehead atoms. The summed E-state index contributed by atoms with van der Waals surface area (Å²) in [6.45, 7) is 1.08. The molecule has 1 heterocycles. The van der Waals surface area contributed by atoms with Gasteiger partial charge < -0.3 is 15.5 Å². The minimum atomic E-state index is -1.06. The Morgan fingerprint density at radius 3 is 2.19 bits per heavy atom. The van der Waals surface area contributed by atoms with Crippen molar-refractivity contribution in [3.05, 3.63) is 59.9 Å². The number of benzene rings is 2. The van der Waals surface area contributed by atoms with E-state index in [0.717, 1.165) is 18.7 Å². The Morgan fingerprint density at radius 2 is 1.66 bits per heavy atom. The molecular weight excluding hydrogens is 441 g/mol. The van der Waals surface area contributed by atoms with Gasteiger partial charge in [0.25, 0.3) is 5.97 Å². The summed E-state index contributed by atoms with van der Waals surface area (Å²) in [5.74, 6) is -2.94. The molecule has 2 amide bonds. The number of carbonyl (C=O) groups is 4. The van der Waals surface area contributed by atoms with Crippen molar-refractivity contribution >= 4 is 52.1 Å². The van der Waals surface area contributed by atoms with Gasteiger partial charge in [-0.3, -0.25) is 19.3 Å². The summed E-state index contributed by atoms with van der Waals surface area (Å²) in [5, 5.41) is 18.7. The first-order chi connectivity index (χ1) is 15.1. The van der Waals surface area contributed by atoms with Crippen LogP contribution in [-0.2, 0) is 14.4 Å². The van der Waals surface area contributed by atoms with Gasteiger partial charge in [-0.1, -0.05) is 11.8 Å². The zero-order valence-electron chi connectivity index (χ0n) is 17.1. The molecule has 32 heavy (non-hydrogen) atoms. The molecule has 1 atom stereocenters. The zero-order chi connectivity index (χ0) is 23.8. The molecule has 0 aromatic heterocycles. The Morgan fingerprint density at radius 1 is 1.09 bits per heavy atom. The number of hydrogen-bond donors (Lipinski definition) is 3. The highest BCUT2D eigenvalue weighted by Gasteiger charge is 2.34. The first-order valence-corrected chi connectivity index (χ1v) is 10.1. The first kappa shape index (κ1) is 24.5.